The maximum absolute atomic E-state index is 13.6. The van der Waals surface area contributed by atoms with Crippen molar-refractivity contribution in [3.05, 3.63) is 184 Å². The molecule has 6 aromatic rings. The first kappa shape index (κ1) is 47.5. The summed E-state index contributed by atoms with van der Waals surface area (Å²) in [7, 11) is -7.71. The van der Waals surface area contributed by atoms with E-state index in [0.29, 0.717) is 73.4 Å². The molecular weight excluding hydrogens is 844 g/mol. The molecule has 0 heterocycles. The Kier molecular flexibility index (Phi) is 17.0. The zero-order valence-electron chi connectivity index (χ0n) is 35.1. The van der Waals surface area contributed by atoms with Crippen molar-refractivity contribution in [2.24, 2.45) is 0 Å². The van der Waals surface area contributed by atoms with Crippen LogP contribution in [0.25, 0.3) is 0 Å². The van der Waals surface area contributed by atoms with E-state index in [1.54, 1.807) is 79.7 Å². The third-order valence-corrected chi connectivity index (χ3v) is 13.0. The summed E-state index contributed by atoms with van der Waals surface area (Å²) < 4.78 is 75.9. The van der Waals surface area contributed by atoms with E-state index in [2.05, 4.69) is 16.4 Å². The van der Waals surface area contributed by atoms with Crippen LogP contribution in [0.15, 0.2) is 149 Å². The lowest BCUT2D eigenvalue weighted by molar-refractivity contribution is 0.0684. The topological polar surface area (TPSA) is 176 Å². The molecule has 0 aromatic heterocycles. The molecule has 11 nitrogen and oxygen atoms in total. The Morgan fingerprint density at radius 3 is 1.51 bits per heavy atom. The van der Waals surface area contributed by atoms with Gasteiger partial charge in [0.25, 0.3) is 20.0 Å². The predicted molar refractivity (Wildman–Crippen MR) is 243 cm³/mol. The minimum atomic E-state index is -3.95. The highest BCUT2D eigenvalue weighted by Crippen LogP contribution is 2.26. The van der Waals surface area contributed by atoms with Crippen LogP contribution in [0, 0.1) is 12.7 Å². The van der Waals surface area contributed by atoms with Gasteiger partial charge >= 0.3 is 11.9 Å². The normalized spacial score (nSPS) is 11.2. The molecule has 0 fully saturated rings. The molecule has 0 aliphatic carbocycles. The molecule has 0 atom stereocenters. The van der Waals surface area contributed by atoms with Crippen LogP contribution in [0.3, 0.4) is 0 Å². The van der Waals surface area contributed by atoms with E-state index in [-0.39, 0.29) is 15.4 Å². The standard InChI is InChI=1S/C26H29NO5S.C23H22FNO4S/c1-2-3-19-32-22-15-17-23(18-16-22)33(30,31)27-25-14-7-5-10-21(25)12-8-11-20-9-4-6-13-24(20)26(28)29;1-16-13-14-19(24)15-22(16)30(28,29)25-21-12-5-3-8-18(21)10-6-9-17-7-2-4-11-20(17)23(26)27/h4-7,9-10,13-18,27H,2-3,8,11-12,19H2,1H3,(H,28,29);2-5,7-8,11-15,25H,6,9-10H2,1H3,(H,26,27). The summed E-state index contributed by atoms with van der Waals surface area (Å²) >= 11 is 0. The zero-order chi connectivity index (χ0) is 45.4. The number of aryl methyl sites for hydroxylation is 5. The molecule has 4 N–H and O–H groups in total. The first-order chi connectivity index (χ1) is 30.2. The molecule has 0 spiro atoms. The van der Waals surface area contributed by atoms with Crippen molar-refractivity contribution in [2.75, 3.05) is 16.1 Å². The summed E-state index contributed by atoms with van der Waals surface area (Å²) in [5.41, 5.74) is 5.10. The Bertz CT molecular complexity index is 2720. The molecule has 14 heteroatoms. The number of unbranched alkanes of at least 4 members (excludes halogenated alkanes) is 1. The van der Waals surface area contributed by atoms with Gasteiger partial charge in [-0.1, -0.05) is 92.2 Å². The van der Waals surface area contributed by atoms with E-state index < -0.39 is 37.8 Å². The summed E-state index contributed by atoms with van der Waals surface area (Å²) in [5, 5.41) is 18.6. The molecule has 0 bridgehead atoms. The molecule has 6 aromatic carbocycles. The zero-order valence-corrected chi connectivity index (χ0v) is 36.7. The SMILES string of the molecule is CCCCOc1ccc(S(=O)(=O)Nc2ccccc2CCCc2ccccc2C(=O)O)cc1.Cc1ccc(F)cc1S(=O)(=O)Nc1ccccc1CCCc1ccccc1C(=O)O. The lowest BCUT2D eigenvalue weighted by atomic mass is 9.99. The van der Waals surface area contributed by atoms with Gasteiger partial charge in [0.15, 0.2) is 0 Å². The predicted octanol–water partition coefficient (Wildman–Crippen LogP) is 10.3. The fourth-order valence-corrected chi connectivity index (χ4v) is 9.28. The second-order valence-electron chi connectivity index (χ2n) is 14.7. The summed E-state index contributed by atoms with van der Waals surface area (Å²) in [6.07, 6.45) is 5.60. The van der Waals surface area contributed by atoms with Crippen LogP contribution in [0.2, 0.25) is 0 Å². The fourth-order valence-electron chi connectivity index (χ4n) is 6.82. The number of rotatable bonds is 20. The summed E-state index contributed by atoms with van der Waals surface area (Å²) in [6, 6.07) is 38.1. The Morgan fingerprint density at radius 2 is 1.02 bits per heavy atom. The quantitative estimate of drug-likeness (QED) is 0.0543. The summed E-state index contributed by atoms with van der Waals surface area (Å²) in [4.78, 5) is 22.8. The average molecular weight is 895 g/mol. The maximum Gasteiger partial charge on any atom is 0.335 e. The van der Waals surface area contributed by atoms with E-state index in [1.165, 1.54) is 24.3 Å². The van der Waals surface area contributed by atoms with Gasteiger partial charge in [-0.2, -0.15) is 0 Å². The summed E-state index contributed by atoms with van der Waals surface area (Å²) in [5.74, 6) is -1.89. The van der Waals surface area contributed by atoms with Gasteiger partial charge in [-0.05, 0) is 140 Å². The van der Waals surface area contributed by atoms with Crippen LogP contribution in [-0.4, -0.2) is 45.6 Å². The van der Waals surface area contributed by atoms with Crippen LogP contribution in [-0.2, 0) is 45.7 Å². The number of carboxylic acids is 2. The third-order valence-electron chi connectivity index (χ3n) is 10.1. The minimum Gasteiger partial charge on any atom is -0.494 e. The molecule has 6 rings (SSSR count). The number of para-hydroxylation sites is 2. The molecule has 0 amide bonds. The Labute approximate surface area is 368 Å². The Hall–Kier alpha value is -6.51. The molecular formula is C49H51FN2O9S2. The van der Waals surface area contributed by atoms with Gasteiger partial charge in [-0.3, -0.25) is 9.44 Å². The number of carbonyl (C=O) groups is 2. The monoisotopic (exact) mass is 894 g/mol. The van der Waals surface area contributed by atoms with Crippen molar-refractivity contribution < 1.29 is 45.8 Å². The van der Waals surface area contributed by atoms with Crippen LogP contribution < -0.4 is 14.2 Å². The number of carboxylic acid groups (broad SMARTS) is 2. The van der Waals surface area contributed by atoms with Crippen molar-refractivity contribution in [1.29, 1.82) is 0 Å². The highest BCUT2D eigenvalue weighted by atomic mass is 32.2. The van der Waals surface area contributed by atoms with E-state index in [4.69, 9.17) is 4.74 Å². The number of anilines is 2. The Balaban J connectivity index is 0.000000239. The van der Waals surface area contributed by atoms with E-state index in [0.717, 1.165) is 41.2 Å². The van der Waals surface area contributed by atoms with Crippen molar-refractivity contribution in [2.45, 2.75) is 75.0 Å². The lowest BCUT2D eigenvalue weighted by Crippen LogP contribution is -2.15. The number of hydrogen-bond donors (Lipinski definition) is 4. The van der Waals surface area contributed by atoms with Gasteiger partial charge in [-0.25, -0.2) is 30.8 Å². The number of aromatic carboxylic acids is 2. The van der Waals surface area contributed by atoms with Gasteiger partial charge in [0.1, 0.15) is 11.6 Å². The molecule has 0 unspecified atom stereocenters. The number of nitrogens with one attached hydrogen (secondary N) is 2. The maximum atomic E-state index is 13.6. The van der Waals surface area contributed by atoms with E-state index in [1.807, 2.05) is 36.4 Å². The first-order valence-electron chi connectivity index (χ1n) is 20.5. The van der Waals surface area contributed by atoms with Gasteiger partial charge in [0.2, 0.25) is 0 Å². The second-order valence-corrected chi connectivity index (χ2v) is 18.1. The van der Waals surface area contributed by atoms with Crippen molar-refractivity contribution in [1.82, 2.24) is 0 Å². The minimum absolute atomic E-state index is 0.104. The van der Waals surface area contributed by atoms with Gasteiger partial charge in [0, 0.05) is 0 Å². The van der Waals surface area contributed by atoms with Crippen LogP contribution in [0.5, 0.6) is 5.75 Å². The number of hydrogen-bond acceptors (Lipinski definition) is 7. The van der Waals surface area contributed by atoms with Gasteiger partial charge in [-0.15, -0.1) is 0 Å². The second kappa shape index (κ2) is 22.5. The molecule has 0 saturated carbocycles. The molecule has 330 valence electrons. The number of sulfonamides is 2. The summed E-state index contributed by atoms with van der Waals surface area (Å²) in [6.45, 7) is 4.29. The van der Waals surface area contributed by atoms with E-state index in [9.17, 15) is 41.0 Å². The third kappa shape index (κ3) is 13.7. The highest BCUT2D eigenvalue weighted by molar-refractivity contribution is 7.93. The van der Waals surface area contributed by atoms with Crippen LogP contribution >= 0.6 is 0 Å². The first-order valence-corrected chi connectivity index (χ1v) is 23.5. The van der Waals surface area contributed by atoms with E-state index >= 15 is 0 Å². The lowest BCUT2D eigenvalue weighted by Gasteiger charge is -2.14. The number of benzene rings is 6. The van der Waals surface area contributed by atoms with Crippen molar-refractivity contribution >= 4 is 43.4 Å². The molecule has 0 radical (unpaired) electrons. The number of ether oxygens (including phenoxy) is 1. The van der Waals surface area contributed by atoms with Crippen molar-refractivity contribution in [3.63, 3.8) is 0 Å². The smallest absolute Gasteiger partial charge is 0.335 e. The van der Waals surface area contributed by atoms with Crippen molar-refractivity contribution in [3.8, 4) is 5.75 Å². The average Bonchev–Trinajstić information content (AvgIpc) is 3.26. The Morgan fingerprint density at radius 1 is 0.571 bits per heavy atom. The molecule has 0 saturated heterocycles. The van der Waals surface area contributed by atoms with Crippen LogP contribution in [0.1, 0.15) is 81.1 Å². The number of halogens is 1. The molecule has 0 aliphatic heterocycles. The fraction of sp³-hybridized carbons (Fsp3) is 0.224. The van der Waals surface area contributed by atoms with Gasteiger partial charge < -0.3 is 14.9 Å². The largest absolute Gasteiger partial charge is 0.494 e. The molecule has 0 aliphatic rings. The molecule has 63 heavy (non-hydrogen) atoms. The van der Waals surface area contributed by atoms with Crippen LogP contribution in [0.4, 0.5) is 15.8 Å². The van der Waals surface area contributed by atoms with Gasteiger partial charge in [0.05, 0.1) is 38.9 Å². The highest BCUT2D eigenvalue weighted by Gasteiger charge is 2.20.